The van der Waals surface area contributed by atoms with Crippen LogP contribution in [0.15, 0.2) is 48.6 Å². The van der Waals surface area contributed by atoms with Crippen LogP contribution >= 0.6 is 0 Å². The molecule has 10 unspecified atom stereocenters. The Bertz CT molecular complexity index is 1580. The molecule has 0 spiro atoms. The molecule has 4 amide bonds. The van der Waals surface area contributed by atoms with Crippen molar-refractivity contribution in [3.63, 3.8) is 0 Å². The molecular formula is C50H90N4Na3O17S3-. The minimum Gasteiger partial charge on any atom is -0.784 e. The Kier molecular flexibility index (Phi) is 67.6. The first-order valence-corrected chi connectivity index (χ1v) is 28.1. The van der Waals surface area contributed by atoms with Gasteiger partial charge in [-0.15, -0.1) is 11.4 Å². The fraction of sp³-hybridized carbons (Fsp3) is 0.760. The molecule has 77 heavy (non-hydrogen) atoms. The summed E-state index contributed by atoms with van der Waals surface area (Å²) in [5, 5.41) is 31.2. The maximum atomic E-state index is 11.9. The third-order valence-corrected chi connectivity index (χ3v) is 11.7. The van der Waals surface area contributed by atoms with E-state index in [1.807, 2.05) is 38.2 Å². The number of carbonyl (C=O) groups is 4. The first-order valence-electron chi connectivity index (χ1n) is 25.1. The Balaban J connectivity index is -0.000000293. The quantitative estimate of drug-likeness (QED) is 0.0114. The van der Waals surface area contributed by atoms with Gasteiger partial charge in [-0.05, 0) is 51.4 Å². The van der Waals surface area contributed by atoms with Crippen LogP contribution in [0.1, 0.15) is 171 Å². The molecule has 0 radical (unpaired) electrons. The molecule has 2 fully saturated rings. The van der Waals surface area contributed by atoms with Gasteiger partial charge in [-0.1, -0.05) is 143 Å². The summed E-state index contributed by atoms with van der Waals surface area (Å²) >= 11 is -8.55. The summed E-state index contributed by atoms with van der Waals surface area (Å²) in [6, 6.07) is 0. The van der Waals surface area contributed by atoms with E-state index >= 15 is 0 Å². The van der Waals surface area contributed by atoms with Crippen LogP contribution < -0.4 is 110 Å². The standard InChI is InChI=1S/C24H44N2O10S2.C24H40N2O4.2CH4.3Na.H2O3S/c1-3-5-13-21(35-37(31)32)19(27)11-7-9-15-23(29)25-17-18-26-24(30)16-10-8-12-20(28)22(14-6-4-2)36-38(33)34;1-3-5-11-19-21(29-19)13-7-9-15-23(27)25-17-18-26-24(28)16-10-8-14-22-20(30-22)12-6-4-2;;;;;;1-4(2)3/h7-10,19-22,27-28H,3-6,11-18H2,1-2H3,(H,25,29)(H,26,30)(H,31,32)(H,33,34);7-10,19-22H,3-6,11-18H2,1-2H3,(H,25,27)(H,26,28);2*1H4;;;;(H2,1,2,3)/q;;;;3*+1;/p-4/b2*9-7+,10-8+;;;;;;. The zero-order valence-electron chi connectivity index (χ0n) is 45.5. The van der Waals surface area contributed by atoms with Gasteiger partial charge in [-0.2, -0.15) is 0 Å². The van der Waals surface area contributed by atoms with E-state index in [1.165, 1.54) is 25.7 Å². The number of carbonyl (C=O) groups excluding carboxylic acids is 4. The Morgan fingerprint density at radius 2 is 0.766 bits per heavy atom. The van der Waals surface area contributed by atoms with Gasteiger partial charge in [0.25, 0.3) is 0 Å². The van der Waals surface area contributed by atoms with Gasteiger partial charge in [-0.3, -0.25) is 31.8 Å². The Morgan fingerprint density at radius 1 is 0.494 bits per heavy atom. The molecular weight excluding hydrogens is 1090 g/mol. The van der Waals surface area contributed by atoms with Crippen LogP contribution in [-0.4, -0.2) is 140 Å². The molecule has 2 saturated heterocycles. The van der Waals surface area contributed by atoms with E-state index < -0.39 is 58.5 Å². The third kappa shape index (κ3) is 56.2. The van der Waals surface area contributed by atoms with Gasteiger partial charge in [0, 0.05) is 51.9 Å². The van der Waals surface area contributed by atoms with E-state index in [4.69, 9.17) is 31.2 Å². The maximum Gasteiger partial charge on any atom is 1.00 e. The average Bonchev–Trinajstić information content (AvgIpc) is 4.27. The summed E-state index contributed by atoms with van der Waals surface area (Å²) in [5.41, 5.74) is 0. The van der Waals surface area contributed by atoms with Crippen molar-refractivity contribution in [3.8, 4) is 0 Å². The van der Waals surface area contributed by atoms with E-state index in [2.05, 4.69) is 35.1 Å². The van der Waals surface area contributed by atoms with Gasteiger partial charge < -0.3 is 59.2 Å². The fourth-order valence-corrected chi connectivity index (χ4v) is 7.66. The molecule has 0 saturated carbocycles. The molecule has 2 aliphatic rings. The first kappa shape index (κ1) is 88.1. The van der Waals surface area contributed by atoms with Gasteiger partial charge in [0.05, 0.1) is 71.6 Å². The summed E-state index contributed by atoms with van der Waals surface area (Å²) in [5.74, 6) is -0.613. The number of rotatable bonds is 40. The maximum absolute atomic E-state index is 11.9. The molecule has 0 aliphatic carbocycles. The minimum atomic E-state index is -3.11. The molecule has 0 aromatic rings. The third-order valence-electron chi connectivity index (χ3n) is 10.9. The number of ether oxygens (including phenoxy) is 2. The number of hydrogen-bond acceptors (Lipinski definition) is 17. The zero-order chi connectivity index (χ0) is 53.9. The van der Waals surface area contributed by atoms with Crippen LogP contribution in [0, 0.1) is 0 Å². The smallest absolute Gasteiger partial charge is 0.784 e. The second-order valence-electron chi connectivity index (χ2n) is 17.1. The molecule has 434 valence electrons. The largest absolute Gasteiger partial charge is 1.00 e. The molecule has 27 heteroatoms. The van der Waals surface area contributed by atoms with Crippen molar-refractivity contribution >= 4 is 57.7 Å². The summed E-state index contributed by atoms with van der Waals surface area (Å²) in [6.45, 7) is 9.59. The number of nitrogens with one attached hydrogen (secondary N) is 4. The van der Waals surface area contributed by atoms with E-state index in [9.17, 15) is 46.9 Å². The van der Waals surface area contributed by atoms with Crippen molar-refractivity contribution in [2.24, 2.45) is 0 Å². The molecule has 0 aromatic carbocycles. The van der Waals surface area contributed by atoms with Crippen molar-refractivity contribution in [2.75, 3.05) is 26.2 Å². The van der Waals surface area contributed by atoms with Crippen LogP contribution in [0.2, 0.25) is 0 Å². The van der Waals surface area contributed by atoms with E-state index in [0.29, 0.717) is 76.0 Å². The SMILES string of the molecule is C.C.CCCCC(OS(=O)[O-])C(O)C/C=C/CC(=O)NCCNC(=O)C/C=C/CC(O)C(CCCC)OS(=O)[O-].CCCCC1OC1C/C=C/CC(=O)NCCNC(=O)C/C=C/CC1OC1CCCC.O=S([O-])[O-].[Na+].[Na+].[Na+]. The normalized spacial score (nSPS) is 18.4. The summed E-state index contributed by atoms with van der Waals surface area (Å²) in [7, 11) is 0. The molecule has 2 aliphatic heterocycles. The van der Waals surface area contributed by atoms with Gasteiger partial charge in [0.15, 0.2) is 0 Å². The van der Waals surface area contributed by atoms with Gasteiger partial charge in [-0.25, -0.2) is 8.42 Å². The monoisotopic (exact) mass is 1180 g/mol. The molecule has 2 heterocycles. The number of epoxide rings is 2. The van der Waals surface area contributed by atoms with Crippen molar-refractivity contribution in [3.05, 3.63) is 48.6 Å². The van der Waals surface area contributed by atoms with Crippen molar-refractivity contribution in [1.82, 2.24) is 21.3 Å². The topological polar surface area (TPSA) is 344 Å². The van der Waals surface area contributed by atoms with Crippen molar-refractivity contribution in [1.29, 1.82) is 0 Å². The molecule has 10 atom stereocenters. The van der Waals surface area contributed by atoms with Crippen molar-refractivity contribution < 1.29 is 167 Å². The predicted octanol–water partition coefficient (Wildman–Crippen LogP) is -3.56. The van der Waals surface area contributed by atoms with Gasteiger partial charge in [0.1, 0.15) is 0 Å². The van der Waals surface area contributed by atoms with E-state index in [0.717, 1.165) is 38.5 Å². The van der Waals surface area contributed by atoms with Gasteiger partial charge in [0.2, 0.25) is 23.6 Å². The Morgan fingerprint density at radius 3 is 1.03 bits per heavy atom. The molecule has 0 aromatic heterocycles. The van der Waals surface area contributed by atoms with E-state index in [-0.39, 0.29) is 166 Å². The number of hydrogen-bond donors (Lipinski definition) is 6. The van der Waals surface area contributed by atoms with E-state index in [1.54, 1.807) is 24.3 Å². The van der Waals surface area contributed by atoms with Crippen LogP contribution in [0.3, 0.4) is 0 Å². The second kappa shape index (κ2) is 59.1. The van der Waals surface area contributed by atoms with Crippen LogP contribution in [0.25, 0.3) is 0 Å². The number of aliphatic hydroxyl groups is 2. The minimum absolute atomic E-state index is 0. The molecule has 0 bridgehead atoms. The second-order valence-corrected chi connectivity index (χ2v) is 18.7. The Labute approximate surface area is 535 Å². The first-order chi connectivity index (χ1) is 34.5. The van der Waals surface area contributed by atoms with Gasteiger partial charge >= 0.3 is 88.7 Å². The summed E-state index contributed by atoms with van der Waals surface area (Å²) < 4.78 is 89.1. The molecule has 2 rings (SSSR count). The molecule has 21 nitrogen and oxygen atoms in total. The van der Waals surface area contributed by atoms with Crippen molar-refractivity contribution in [2.45, 2.75) is 220 Å². The number of amides is 4. The zero-order valence-corrected chi connectivity index (χ0v) is 53.9. The number of aliphatic hydroxyl groups excluding tert-OH is 2. The van der Waals surface area contributed by atoms with Crippen LogP contribution in [-0.2, 0) is 71.1 Å². The fourth-order valence-electron chi connectivity index (χ4n) is 6.81. The average molecular weight is 1180 g/mol. The predicted molar refractivity (Wildman–Crippen MR) is 284 cm³/mol. The summed E-state index contributed by atoms with van der Waals surface area (Å²) in [4.78, 5) is 47.4. The number of unbranched alkanes of at least 4 members (excludes halogenated alkanes) is 4. The van der Waals surface area contributed by atoms with Crippen LogP contribution in [0.5, 0.6) is 0 Å². The van der Waals surface area contributed by atoms with Crippen LogP contribution in [0.4, 0.5) is 0 Å². The molecule has 6 N–H and O–H groups in total. The summed E-state index contributed by atoms with van der Waals surface area (Å²) in [6.07, 6.45) is 26.0. The Hall–Kier alpha value is -0.110.